The summed E-state index contributed by atoms with van der Waals surface area (Å²) in [4.78, 5) is 15.6. The van der Waals surface area contributed by atoms with E-state index in [0.717, 1.165) is 25.9 Å². The first-order chi connectivity index (χ1) is 7.12. The van der Waals surface area contributed by atoms with Gasteiger partial charge in [-0.3, -0.25) is 0 Å². The Morgan fingerprint density at radius 2 is 1.93 bits per heavy atom. The van der Waals surface area contributed by atoms with Crippen molar-refractivity contribution < 1.29 is 4.79 Å². The Hall–Kier alpha value is -0.770. The van der Waals surface area contributed by atoms with Gasteiger partial charge in [0.05, 0.1) is 5.54 Å². The maximum absolute atomic E-state index is 11.3. The van der Waals surface area contributed by atoms with Gasteiger partial charge in [0.25, 0.3) is 0 Å². The van der Waals surface area contributed by atoms with Gasteiger partial charge in [-0.05, 0) is 45.7 Å². The topological polar surface area (TPSA) is 49.6 Å². The van der Waals surface area contributed by atoms with E-state index in [1.54, 1.807) is 0 Å². The maximum Gasteiger partial charge on any atom is 0.315 e. The summed E-state index contributed by atoms with van der Waals surface area (Å²) in [5, 5.41) is 0. The molecule has 1 atom stereocenters. The molecular weight excluding hydrogens is 190 g/mol. The molecule has 86 valence electrons. The molecule has 2 heterocycles. The van der Waals surface area contributed by atoms with Crippen LogP contribution in [-0.4, -0.2) is 47.5 Å². The summed E-state index contributed by atoms with van der Waals surface area (Å²) in [6.45, 7) is 6.36. The van der Waals surface area contributed by atoms with Crippen LogP contribution in [0, 0.1) is 0 Å². The fourth-order valence-corrected chi connectivity index (χ4v) is 2.99. The van der Waals surface area contributed by atoms with Crippen molar-refractivity contribution >= 4 is 6.03 Å². The second kappa shape index (κ2) is 4.00. The summed E-state index contributed by atoms with van der Waals surface area (Å²) in [7, 11) is 0. The number of likely N-dealkylation sites (tertiary alicyclic amines) is 2. The average molecular weight is 211 g/mol. The van der Waals surface area contributed by atoms with Crippen molar-refractivity contribution in [1.82, 2.24) is 9.80 Å². The summed E-state index contributed by atoms with van der Waals surface area (Å²) in [6.07, 6.45) is 4.78. The molecule has 0 aromatic rings. The SMILES string of the molecule is CC1(CN2CCCC2)CCCN1C(N)=O. The number of hydrogen-bond donors (Lipinski definition) is 1. The Morgan fingerprint density at radius 1 is 1.27 bits per heavy atom. The lowest BCUT2D eigenvalue weighted by Crippen LogP contribution is -2.53. The first kappa shape index (κ1) is 10.7. The zero-order valence-corrected chi connectivity index (χ0v) is 9.54. The highest BCUT2D eigenvalue weighted by atomic mass is 16.2. The molecule has 2 rings (SSSR count). The van der Waals surface area contributed by atoms with Crippen molar-refractivity contribution in [2.75, 3.05) is 26.2 Å². The number of carbonyl (C=O) groups is 1. The molecule has 2 fully saturated rings. The van der Waals surface area contributed by atoms with Crippen LogP contribution in [-0.2, 0) is 0 Å². The number of urea groups is 1. The van der Waals surface area contributed by atoms with Crippen molar-refractivity contribution in [2.45, 2.75) is 38.1 Å². The lowest BCUT2D eigenvalue weighted by atomic mass is 9.98. The van der Waals surface area contributed by atoms with E-state index in [4.69, 9.17) is 5.73 Å². The van der Waals surface area contributed by atoms with Crippen LogP contribution < -0.4 is 5.73 Å². The van der Waals surface area contributed by atoms with Gasteiger partial charge in [-0.1, -0.05) is 0 Å². The molecule has 4 nitrogen and oxygen atoms in total. The van der Waals surface area contributed by atoms with Crippen molar-refractivity contribution in [3.8, 4) is 0 Å². The molecule has 0 spiro atoms. The molecule has 15 heavy (non-hydrogen) atoms. The Balaban J connectivity index is 2.00. The van der Waals surface area contributed by atoms with Crippen molar-refractivity contribution in [3.63, 3.8) is 0 Å². The van der Waals surface area contributed by atoms with E-state index < -0.39 is 0 Å². The molecule has 0 aliphatic carbocycles. The van der Waals surface area contributed by atoms with Crippen LogP contribution in [0.5, 0.6) is 0 Å². The Labute approximate surface area is 91.4 Å². The van der Waals surface area contributed by atoms with Crippen LogP contribution in [0.4, 0.5) is 4.79 Å². The molecule has 2 saturated heterocycles. The van der Waals surface area contributed by atoms with Crippen LogP contribution in [0.15, 0.2) is 0 Å². The minimum atomic E-state index is -0.255. The summed E-state index contributed by atoms with van der Waals surface area (Å²) >= 11 is 0. The fourth-order valence-electron chi connectivity index (χ4n) is 2.99. The number of hydrogen-bond acceptors (Lipinski definition) is 2. The van der Waals surface area contributed by atoms with Crippen LogP contribution in [0.25, 0.3) is 0 Å². The van der Waals surface area contributed by atoms with Gasteiger partial charge in [-0.25, -0.2) is 4.79 Å². The van der Waals surface area contributed by atoms with E-state index in [-0.39, 0.29) is 11.6 Å². The maximum atomic E-state index is 11.3. The largest absolute Gasteiger partial charge is 0.351 e. The minimum Gasteiger partial charge on any atom is -0.351 e. The van der Waals surface area contributed by atoms with Gasteiger partial charge in [0.1, 0.15) is 0 Å². The van der Waals surface area contributed by atoms with Crippen LogP contribution >= 0.6 is 0 Å². The molecule has 1 unspecified atom stereocenters. The van der Waals surface area contributed by atoms with E-state index in [2.05, 4.69) is 11.8 Å². The van der Waals surface area contributed by atoms with Gasteiger partial charge in [0, 0.05) is 13.1 Å². The van der Waals surface area contributed by atoms with E-state index in [9.17, 15) is 4.79 Å². The average Bonchev–Trinajstić information content (AvgIpc) is 2.75. The number of primary amides is 1. The van der Waals surface area contributed by atoms with Crippen molar-refractivity contribution in [2.24, 2.45) is 5.73 Å². The van der Waals surface area contributed by atoms with Gasteiger partial charge in [-0.2, -0.15) is 0 Å². The van der Waals surface area contributed by atoms with Crippen molar-refractivity contribution in [3.05, 3.63) is 0 Å². The first-order valence-electron chi connectivity index (χ1n) is 5.91. The molecular formula is C11H21N3O. The Bertz CT molecular complexity index is 250. The fraction of sp³-hybridized carbons (Fsp3) is 0.909. The third kappa shape index (κ3) is 2.09. The van der Waals surface area contributed by atoms with E-state index in [1.165, 1.54) is 25.9 Å². The van der Waals surface area contributed by atoms with Crippen molar-refractivity contribution in [1.29, 1.82) is 0 Å². The monoisotopic (exact) mass is 211 g/mol. The summed E-state index contributed by atoms with van der Waals surface area (Å²) in [5.41, 5.74) is 5.40. The van der Waals surface area contributed by atoms with Gasteiger partial charge in [0.2, 0.25) is 0 Å². The summed E-state index contributed by atoms with van der Waals surface area (Å²) < 4.78 is 0. The molecule has 2 aliphatic rings. The molecule has 2 aliphatic heterocycles. The van der Waals surface area contributed by atoms with Crippen LogP contribution in [0.3, 0.4) is 0 Å². The van der Waals surface area contributed by atoms with Gasteiger partial charge >= 0.3 is 6.03 Å². The molecule has 0 radical (unpaired) electrons. The zero-order chi connectivity index (χ0) is 10.9. The highest BCUT2D eigenvalue weighted by Crippen LogP contribution is 2.30. The standard InChI is InChI=1S/C11H21N3O/c1-11(9-13-6-2-3-7-13)5-4-8-14(11)10(12)15/h2-9H2,1H3,(H2,12,15). The smallest absolute Gasteiger partial charge is 0.315 e. The molecule has 2 amide bonds. The number of carbonyl (C=O) groups excluding carboxylic acids is 1. The van der Waals surface area contributed by atoms with Gasteiger partial charge in [-0.15, -0.1) is 0 Å². The molecule has 0 saturated carbocycles. The normalized spacial score (nSPS) is 32.5. The number of rotatable bonds is 2. The predicted octanol–water partition coefficient (Wildman–Crippen LogP) is 1.02. The highest BCUT2D eigenvalue weighted by Gasteiger charge is 2.40. The number of nitrogens with zero attached hydrogens (tertiary/aromatic N) is 2. The second-order valence-electron chi connectivity index (χ2n) is 5.07. The van der Waals surface area contributed by atoms with Gasteiger partial charge in [0.15, 0.2) is 0 Å². The number of amides is 2. The van der Waals surface area contributed by atoms with Crippen LogP contribution in [0.2, 0.25) is 0 Å². The molecule has 4 heteroatoms. The summed E-state index contributed by atoms with van der Waals surface area (Å²) in [6, 6.07) is -0.255. The van der Waals surface area contributed by atoms with Gasteiger partial charge < -0.3 is 15.5 Å². The van der Waals surface area contributed by atoms with E-state index >= 15 is 0 Å². The Kier molecular flexibility index (Phi) is 2.87. The second-order valence-corrected chi connectivity index (χ2v) is 5.07. The molecule has 0 bridgehead atoms. The minimum absolute atomic E-state index is 0.0177. The van der Waals surface area contributed by atoms with Crippen LogP contribution in [0.1, 0.15) is 32.6 Å². The predicted molar refractivity (Wildman–Crippen MR) is 59.6 cm³/mol. The third-order valence-electron chi connectivity index (χ3n) is 3.78. The molecule has 0 aromatic carbocycles. The quantitative estimate of drug-likeness (QED) is 0.741. The molecule has 0 aromatic heterocycles. The first-order valence-corrected chi connectivity index (χ1v) is 5.91. The lowest BCUT2D eigenvalue weighted by Gasteiger charge is -2.37. The lowest BCUT2D eigenvalue weighted by molar-refractivity contribution is 0.129. The highest BCUT2D eigenvalue weighted by molar-refractivity contribution is 5.73. The number of nitrogens with two attached hydrogens (primary N) is 1. The van der Waals surface area contributed by atoms with E-state index in [0.29, 0.717) is 0 Å². The molecule has 2 N–H and O–H groups in total. The third-order valence-corrected chi connectivity index (χ3v) is 3.78. The summed E-state index contributed by atoms with van der Waals surface area (Å²) in [5.74, 6) is 0. The Morgan fingerprint density at radius 3 is 2.53 bits per heavy atom. The van der Waals surface area contributed by atoms with E-state index in [1.807, 2.05) is 4.90 Å². The zero-order valence-electron chi connectivity index (χ0n) is 9.54.